The minimum Gasteiger partial charge on any atom is -0.313 e. The van der Waals surface area contributed by atoms with Gasteiger partial charge >= 0.3 is 0 Å². The monoisotopic (exact) mass is 297 g/mol. The molecule has 0 fully saturated rings. The van der Waals surface area contributed by atoms with Crippen LogP contribution in [0.4, 0.5) is 4.39 Å². The topological polar surface area (TPSA) is 57.8 Å². The highest BCUT2D eigenvalue weighted by atomic mass is 19.1. The Morgan fingerprint density at radius 3 is 2.86 bits per heavy atom. The molecule has 0 aliphatic heterocycles. The van der Waals surface area contributed by atoms with E-state index in [0.717, 1.165) is 23.1 Å². The van der Waals surface area contributed by atoms with Crippen LogP contribution in [0.15, 0.2) is 47.4 Å². The second kappa shape index (κ2) is 6.07. The first kappa shape index (κ1) is 14.4. The predicted molar refractivity (Wildman–Crippen MR) is 85.1 cm³/mol. The van der Waals surface area contributed by atoms with Crippen LogP contribution in [0.3, 0.4) is 0 Å². The molecule has 0 aliphatic carbocycles. The van der Waals surface area contributed by atoms with Gasteiger partial charge in [-0.25, -0.2) is 9.37 Å². The highest BCUT2D eigenvalue weighted by Crippen LogP contribution is 2.27. The van der Waals surface area contributed by atoms with Crippen LogP contribution in [0.25, 0.3) is 22.2 Å². The molecule has 0 atom stereocenters. The van der Waals surface area contributed by atoms with E-state index in [2.05, 4.69) is 15.3 Å². The van der Waals surface area contributed by atoms with Crippen LogP contribution >= 0.6 is 0 Å². The van der Waals surface area contributed by atoms with Crippen molar-refractivity contribution in [3.63, 3.8) is 0 Å². The first-order valence-electron chi connectivity index (χ1n) is 7.16. The zero-order chi connectivity index (χ0) is 15.5. The van der Waals surface area contributed by atoms with E-state index in [1.54, 1.807) is 18.3 Å². The number of rotatable bonds is 4. The third-order valence-electron chi connectivity index (χ3n) is 3.56. The van der Waals surface area contributed by atoms with Crippen LogP contribution in [0.1, 0.15) is 12.5 Å². The van der Waals surface area contributed by atoms with E-state index in [9.17, 15) is 9.18 Å². The highest BCUT2D eigenvalue weighted by molar-refractivity contribution is 5.92. The number of hydrogen-bond acceptors (Lipinski definition) is 3. The van der Waals surface area contributed by atoms with Gasteiger partial charge in [0.15, 0.2) is 0 Å². The van der Waals surface area contributed by atoms with Gasteiger partial charge in [-0.1, -0.05) is 19.1 Å². The molecule has 2 aromatic heterocycles. The molecule has 0 radical (unpaired) electrons. The number of hydrogen-bond donors (Lipinski definition) is 2. The molecule has 0 aliphatic rings. The summed E-state index contributed by atoms with van der Waals surface area (Å²) in [6.45, 7) is 3.28. The van der Waals surface area contributed by atoms with E-state index in [0.29, 0.717) is 17.8 Å². The van der Waals surface area contributed by atoms with Crippen LogP contribution < -0.4 is 10.9 Å². The van der Waals surface area contributed by atoms with Crippen LogP contribution in [-0.2, 0) is 6.54 Å². The maximum Gasteiger partial charge on any atom is 0.249 e. The fourth-order valence-electron chi connectivity index (χ4n) is 2.43. The van der Waals surface area contributed by atoms with Gasteiger partial charge in [-0.05, 0) is 35.9 Å². The molecule has 0 saturated heterocycles. The van der Waals surface area contributed by atoms with Crippen molar-refractivity contribution in [1.82, 2.24) is 15.3 Å². The minimum absolute atomic E-state index is 0.204. The van der Waals surface area contributed by atoms with Gasteiger partial charge in [0.25, 0.3) is 0 Å². The van der Waals surface area contributed by atoms with Gasteiger partial charge in [-0.2, -0.15) is 0 Å². The molecule has 22 heavy (non-hydrogen) atoms. The first-order valence-corrected chi connectivity index (χ1v) is 7.16. The molecule has 0 bridgehead atoms. The smallest absolute Gasteiger partial charge is 0.249 e. The van der Waals surface area contributed by atoms with E-state index >= 15 is 0 Å². The Morgan fingerprint density at radius 1 is 1.23 bits per heavy atom. The molecule has 0 saturated carbocycles. The Balaban J connectivity index is 2.08. The van der Waals surface area contributed by atoms with Gasteiger partial charge < -0.3 is 10.3 Å². The maximum atomic E-state index is 14.2. The largest absolute Gasteiger partial charge is 0.313 e. The zero-order valence-electron chi connectivity index (χ0n) is 12.2. The average Bonchev–Trinajstić information content (AvgIpc) is 2.53. The molecule has 3 aromatic rings. The number of nitrogens with zero attached hydrogens (tertiary/aromatic N) is 1. The Kier molecular flexibility index (Phi) is 3.98. The molecular weight excluding hydrogens is 281 g/mol. The van der Waals surface area contributed by atoms with Crippen LogP contribution in [0.2, 0.25) is 0 Å². The SMILES string of the molecule is CCNCc1ccc(-c2ccnc3[nH]c(=O)ccc23)cc1F. The Labute approximate surface area is 127 Å². The Bertz CT molecular complexity index is 873. The molecule has 0 unspecified atom stereocenters. The summed E-state index contributed by atoms with van der Waals surface area (Å²) < 4.78 is 14.2. The van der Waals surface area contributed by atoms with E-state index in [1.165, 1.54) is 12.1 Å². The van der Waals surface area contributed by atoms with Crippen LogP contribution in [-0.4, -0.2) is 16.5 Å². The summed E-state index contributed by atoms with van der Waals surface area (Å²) >= 11 is 0. The number of pyridine rings is 2. The summed E-state index contributed by atoms with van der Waals surface area (Å²) in [6.07, 6.45) is 1.61. The standard InChI is InChI=1S/C17H16FN3O/c1-2-19-10-12-4-3-11(9-15(12)18)13-7-8-20-17-14(13)5-6-16(22)21-17/h3-9,19H,2,10H2,1H3,(H,20,21,22). The normalized spacial score (nSPS) is 11.0. The number of aromatic nitrogens is 2. The third-order valence-corrected chi connectivity index (χ3v) is 3.56. The van der Waals surface area contributed by atoms with Gasteiger partial charge in [0.05, 0.1) is 0 Å². The fourth-order valence-corrected chi connectivity index (χ4v) is 2.43. The molecule has 3 rings (SSSR count). The number of aromatic amines is 1. The lowest BCUT2D eigenvalue weighted by atomic mass is 10.0. The van der Waals surface area contributed by atoms with Crippen molar-refractivity contribution in [2.75, 3.05) is 6.54 Å². The van der Waals surface area contributed by atoms with Crippen molar-refractivity contribution in [2.45, 2.75) is 13.5 Å². The number of benzene rings is 1. The van der Waals surface area contributed by atoms with E-state index in [1.807, 2.05) is 19.1 Å². The van der Waals surface area contributed by atoms with Crippen LogP contribution in [0, 0.1) is 5.82 Å². The van der Waals surface area contributed by atoms with Crippen LogP contribution in [0.5, 0.6) is 0 Å². The first-order chi connectivity index (χ1) is 10.7. The summed E-state index contributed by atoms with van der Waals surface area (Å²) in [5, 5.41) is 3.90. The number of H-pyrrole nitrogens is 1. The molecule has 0 spiro atoms. The molecule has 5 heteroatoms. The molecule has 1 aromatic carbocycles. The molecular formula is C17H16FN3O. The Hall–Kier alpha value is -2.53. The summed E-state index contributed by atoms with van der Waals surface area (Å²) in [5.41, 5.74) is 2.54. The molecule has 2 heterocycles. The maximum absolute atomic E-state index is 14.2. The second-order valence-corrected chi connectivity index (χ2v) is 5.03. The molecule has 0 amide bonds. The van der Waals surface area contributed by atoms with E-state index in [-0.39, 0.29) is 11.4 Å². The van der Waals surface area contributed by atoms with Crippen molar-refractivity contribution >= 4 is 11.0 Å². The lowest BCUT2D eigenvalue weighted by Crippen LogP contribution is -2.12. The molecule has 2 N–H and O–H groups in total. The number of fused-ring (bicyclic) bond motifs is 1. The summed E-state index contributed by atoms with van der Waals surface area (Å²) in [7, 11) is 0. The lowest BCUT2D eigenvalue weighted by molar-refractivity contribution is 0.594. The van der Waals surface area contributed by atoms with Gasteiger partial charge in [-0.3, -0.25) is 4.79 Å². The van der Waals surface area contributed by atoms with Gasteiger partial charge in [0.2, 0.25) is 5.56 Å². The fraction of sp³-hybridized carbons (Fsp3) is 0.176. The lowest BCUT2D eigenvalue weighted by Gasteiger charge is -2.09. The molecule has 4 nitrogen and oxygen atoms in total. The average molecular weight is 297 g/mol. The second-order valence-electron chi connectivity index (χ2n) is 5.03. The highest BCUT2D eigenvalue weighted by Gasteiger charge is 2.08. The predicted octanol–water partition coefficient (Wildman–Crippen LogP) is 2.84. The molecule has 112 valence electrons. The van der Waals surface area contributed by atoms with Crippen molar-refractivity contribution in [2.24, 2.45) is 0 Å². The quantitative estimate of drug-likeness (QED) is 0.778. The summed E-state index contributed by atoms with van der Waals surface area (Å²) in [5.74, 6) is -0.243. The number of halogens is 1. The van der Waals surface area contributed by atoms with Crippen molar-refractivity contribution < 1.29 is 4.39 Å². The Morgan fingerprint density at radius 2 is 2.09 bits per heavy atom. The van der Waals surface area contributed by atoms with Crippen molar-refractivity contribution in [1.29, 1.82) is 0 Å². The van der Waals surface area contributed by atoms with Crippen molar-refractivity contribution in [3.05, 3.63) is 64.3 Å². The van der Waals surface area contributed by atoms with Gasteiger partial charge in [0, 0.05) is 29.8 Å². The summed E-state index contributed by atoms with van der Waals surface area (Å²) in [4.78, 5) is 18.2. The minimum atomic E-state index is -0.243. The van der Waals surface area contributed by atoms with Gasteiger partial charge in [-0.15, -0.1) is 0 Å². The van der Waals surface area contributed by atoms with E-state index in [4.69, 9.17) is 0 Å². The van der Waals surface area contributed by atoms with Crippen molar-refractivity contribution in [3.8, 4) is 11.1 Å². The number of nitrogens with one attached hydrogen (secondary N) is 2. The summed E-state index contributed by atoms with van der Waals surface area (Å²) in [6, 6.07) is 10.2. The van der Waals surface area contributed by atoms with E-state index < -0.39 is 0 Å². The van der Waals surface area contributed by atoms with Gasteiger partial charge in [0.1, 0.15) is 11.5 Å². The third kappa shape index (κ3) is 2.76. The zero-order valence-corrected chi connectivity index (χ0v) is 12.2.